The van der Waals surface area contributed by atoms with E-state index in [1.54, 1.807) is 27.8 Å². The van der Waals surface area contributed by atoms with Crippen LogP contribution in [-0.4, -0.2) is 129 Å². The van der Waals surface area contributed by atoms with Crippen LogP contribution in [0.2, 0.25) is 0 Å². The molecular weight excluding hydrogens is 633 g/mol. The number of benzene rings is 1. The molecule has 0 bridgehead atoms. The average molecular weight is 678 g/mol. The van der Waals surface area contributed by atoms with Crippen LogP contribution in [0.15, 0.2) is 0 Å². The Morgan fingerprint density at radius 3 is 1.24 bits per heavy atom. The molecule has 0 aromatic heterocycles. The molecule has 0 saturated heterocycles. The number of amides is 1. The SMILES string of the molecule is CN(CCOCCOCCOCCOCCOCCOCCOCCC(=O)Oc1c(F)c(F)c(F)c(F)c1F)C(=O)OC(C)(C)C. The lowest BCUT2D eigenvalue weighted by atomic mass is 10.2. The molecule has 0 aliphatic carbocycles. The molecule has 0 radical (unpaired) electrons. The van der Waals surface area contributed by atoms with E-state index in [2.05, 4.69) is 4.74 Å². The van der Waals surface area contributed by atoms with E-state index in [1.165, 1.54) is 4.90 Å². The van der Waals surface area contributed by atoms with Crippen LogP contribution in [0, 0.1) is 29.1 Å². The minimum atomic E-state index is -2.35. The standard InChI is InChI=1S/C29H44F5NO11/c1-29(2,3)46-28(37)35(4)6-8-39-10-12-41-14-16-43-18-20-44-19-17-42-15-13-40-11-9-38-7-5-21(36)45-27-25(33)23(31)22(30)24(32)26(27)34/h5-20H2,1-4H3. The molecule has 12 nitrogen and oxygen atoms in total. The van der Waals surface area contributed by atoms with Crippen molar-refractivity contribution in [2.75, 3.05) is 106 Å². The Labute approximate surface area is 265 Å². The predicted molar refractivity (Wildman–Crippen MR) is 151 cm³/mol. The Balaban J connectivity index is 1.84. The zero-order valence-electron chi connectivity index (χ0n) is 26.6. The average Bonchev–Trinajstić information content (AvgIpc) is 3.00. The third-order valence-electron chi connectivity index (χ3n) is 5.34. The summed E-state index contributed by atoms with van der Waals surface area (Å²) in [6, 6.07) is 0. The van der Waals surface area contributed by atoms with Crippen LogP contribution in [0.5, 0.6) is 5.75 Å². The second kappa shape index (κ2) is 23.6. The van der Waals surface area contributed by atoms with Gasteiger partial charge in [-0.2, -0.15) is 8.78 Å². The second-order valence-corrected chi connectivity index (χ2v) is 10.3. The van der Waals surface area contributed by atoms with Crippen LogP contribution in [0.4, 0.5) is 26.7 Å². The summed E-state index contributed by atoms with van der Waals surface area (Å²) in [6.07, 6.45) is -0.889. The number of ether oxygens (including phenoxy) is 9. The van der Waals surface area contributed by atoms with E-state index >= 15 is 0 Å². The van der Waals surface area contributed by atoms with Crippen molar-refractivity contribution >= 4 is 12.1 Å². The summed E-state index contributed by atoms with van der Waals surface area (Å²) in [5.74, 6) is -14.2. The highest BCUT2D eigenvalue weighted by Crippen LogP contribution is 2.29. The van der Waals surface area contributed by atoms with Crippen LogP contribution < -0.4 is 4.74 Å². The number of nitrogens with zero attached hydrogens (tertiary/aromatic N) is 1. The van der Waals surface area contributed by atoms with E-state index in [-0.39, 0.29) is 26.4 Å². The lowest BCUT2D eigenvalue weighted by molar-refractivity contribution is -0.136. The van der Waals surface area contributed by atoms with Crippen molar-refractivity contribution in [3.63, 3.8) is 0 Å². The molecule has 1 aromatic carbocycles. The van der Waals surface area contributed by atoms with Crippen molar-refractivity contribution in [3.8, 4) is 5.75 Å². The minimum Gasteiger partial charge on any atom is -0.444 e. The summed E-state index contributed by atoms with van der Waals surface area (Å²) >= 11 is 0. The molecule has 17 heteroatoms. The van der Waals surface area contributed by atoms with E-state index in [4.69, 9.17) is 37.9 Å². The highest BCUT2D eigenvalue weighted by atomic mass is 19.2. The van der Waals surface area contributed by atoms with E-state index in [0.29, 0.717) is 72.6 Å². The highest BCUT2D eigenvalue weighted by molar-refractivity contribution is 5.72. The topological polar surface area (TPSA) is 120 Å². The Hall–Kier alpha value is -2.67. The Kier molecular flexibility index (Phi) is 21.2. The third kappa shape index (κ3) is 18.5. The Bertz CT molecular complexity index is 1000. The van der Waals surface area contributed by atoms with Gasteiger partial charge in [0.2, 0.25) is 34.8 Å². The molecule has 0 spiro atoms. The number of carbonyl (C=O) groups is 2. The summed E-state index contributed by atoms with van der Waals surface area (Å²) in [7, 11) is 1.65. The largest absolute Gasteiger partial charge is 0.444 e. The van der Waals surface area contributed by atoms with Crippen molar-refractivity contribution in [2.45, 2.75) is 32.8 Å². The molecule has 0 aliphatic rings. The molecule has 0 atom stereocenters. The molecule has 1 amide bonds. The first kappa shape index (κ1) is 41.4. The van der Waals surface area contributed by atoms with Crippen LogP contribution >= 0.6 is 0 Å². The van der Waals surface area contributed by atoms with Gasteiger partial charge in [0, 0.05) is 13.6 Å². The molecule has 0 unspecified atom stereocenters. The maximum absolute atomic E-state index is 13.5. The first-order valence-corrected chi connectivity index (χ1v) is 14.6. The highest BCUT2D eigenvalue weighted by Gasteiger charge is 2.28. The number of hydrogen-bond donors (Lipinski definition) is 0. The maximum atomic E-state index is 13.5. The number of carbonyl (C=O) groups excluding carboxylic acids is 2. The third-order valence-corrected chi connectivity index (χ3v) is 5.34. The van der Waals surface area contributed by atoms with Gasteiger partial charge in [0.05, 0.1) is 98.9 Å². The van der Waals surface area contributed by atoms with Gasteiger partial charge in [-0.1, -0.05) is 0 Å². The van der Waals surface area contributed by atoms with Gasteiger partial charge in [-0.3, -0.25) is 4.79 Å². The smallest absolute Gasteiger partial charge is 0.410 e. The van der Waals surface area contributed by atoms with Gasteiger partial charge >= 0.3 is 12.1 Å². The first-order chi connectivity index (χ1) is 21.8. The zero-order chi connectivity index (χ0) is 34.4. The lowest BCUT2D eigenvalue weighted by Crippen LogP contribution is -2.36. The summed E-state index contributed by atoms with van der Waals surface area (Å²) in [6.45, 7) is 9.90. The fourth-order valence-corrected chi connectivity index (χ4v) is 3.05. The van der Waals surface area contributed by atoms with Gasteiger partial charge in [-0.15, -0.1) is 0 Å². The van der Waals surface area contributed by atoms with E-state index in [0.717, 1.165) is 0 Å². The number of hydrogen-bond acceptors (Lipinski definition) is 11. The summed E-state index contributed by atoms with van der Waals surface area (Å²) in [4.78, 5) is 24.9. The van der Waals surface area contributed by atoms with Gasteiger partial charge in [0.15, 0.2) is 0 Å². The van der Waals surface area contributed by atoms with Crippen molar-refractivity contribution in [3.05, 3.63) is 29.1 Å². The van der Waals surface area contributed by atoms with Gasteiger partial charge in [0.25, 0.3) is 0 Å². The molecule has 0 saturated carbocycles. The van der Waals surface area contributed by atoms with Gasteiger partial charge in [-0.05, 0) is 20.8 Å². The van der Waals surface area contributed by atoms with E-state index < -0.39 is 58.9 Å². The number of likely N-dealkylation sites (N-methyl/N-ethyl adjacent to an activating group) is 1. The van der Waals surface area contributed by atoms with E-state index in [1.807, 2.05) is 0 Å². The summed E-state index contributed by atoms with van der Waals surface area (Å²) < 4.78 is 113. The second-order valence-electron chi connectivity index (χ2n) is 10.3. The predicted octanol–water partition coefficient (Wildman–Crippen LogP) is 3.66. The Morgan fingerprint density at radius 2 is 0.870 bits per heavy atom. The molecule has 0 aliphatic heterocycles. The van der Waals surface area contributed by atoms with Crippen molar-refractivity contribution in [1.29, 1.82) is 0 Å². The molecule has 0 N–H and O–H groups in total. The fourth-order valence-electron chi connectivity index (χ4n) is 3.05. The normalized spacial score (nSPS) is 11.6. The van der Waals surface area contributed by atoms with Crippen LogP contribution in [0.1, 0.15) is 27.2 Å². The number of esters is 1. The molecule has 46 heavy (non-hydrogen) atoms. The molecular formula is C29H44F5NO11. The molecule has 1 aromatic rings. The van der Waals surface area contributed by atoms with Crippen LogP contribution in [-0.2, 0) is 42.7 Å². The fraction of sp³-hybridized carbons (Fsp3) is 0.724. The quantitative estimate of drug-likeness (QED) is 0.0377. The van der Waals surface area contributed by atoms with Gasteiger partial charge in [0.1, 0.15) is 5.60 Å². The Morgan fingerprint density at radius 1 is 0.543 bits per heavy atom. The van der Waals surface area contributed by atoms with Crippen molar-refractivity contribution < 1.29 is 74.2 Å². The number of rotatable bonds is 25. The molecule has 0 heterocycles. The van der Waals surface area contributed by atoms with Gasteiger partial charge < -0.3 is 47.5 Å². The summed E-state index contributed by atoms with van der Waals surface area (Å²) in [5.41, 5.74) is -0.541. The molecule has 1 rings (SSSR count). The van der Waals surface area contributed by atoms with Crippen molar-refractivity contribution in [2.24, 2.45) is 0 Å². The van der Waals surface area contributed by atoms with Crippen LogP contribution in [0.3, 0.4) is 0 Å². The minimum absolute atomic E-state index is 0.0763. The first-order valence-electron chi connectivity index (χ1n) is 14.6. The number of halogens is 5. The van der Waals surface area contributed by atoms with Gasteiger partial charge in [-0.25, -0.2) is 18.0 Å². The van der Waals surface area contributed by atoms with Crippen molar-refractivity contribution in [1.82, 2.24) is 4.90 Å². The lowest BCUT2D eigenvalue weighted by Gasteiger charge is -2.24. The monoisotopic (exact) mass is 677 g/mol. The zero-order valence-corrected chi connectivity index (χ0v) is 26.6. The maximum Gasteiger partial charge on any atom is 0.410 e. The molecule has 0 fully saturated rings. The summed E-state index contributed by atoms with van der Waals surface area (Å²) in [5, 5.41) is 0. The van der Waals surface area contributed by atoms with E-state index in [9.17, 15) is 31.5 Å². The molecule has 266 valence electrons. The van der Waals surface area contributed by atoms with Crippen LogP contribution in [0.25, 0.3) is 0 Å².